The topological polar surface area (TPSA) is 316 Å². The summed E-state index contributed by atoms with van der Waals surface area (Å²) in [6.07, 6.45) is -11.1. The van der Waals surface area contributed by atoms with Crippen LogP contribution in [0.25, 0.3) is 0 Å². The van der Waals surface area contributed by atoms with Crippen LogP contribution in [0, 0.1) is 0 Å². The molecule has 0 saturated heterocycles. The molecule has 45 heavy (non-hydrogen) atoms. The van der Waals surface area contributed by atoms with Crippen LogP contribution < -0.4 is 0 Å². The van der Waals surface area contributed by atoms with Gasteiger partial charge in [0.15, 0.2) is 0 Å². The number of ether oxygens (including phenoxy) is 6. The average molecular weight is 726 g/mol. The predicted octanol–water partition coefficient (Wildman–Crippen LogP) is -2.21. The number of phosphoric ester groups is 3. The fourth-order valence-corrected chi connectivity index (χ4v) is 5.84. The van der Waals surface area contributed by atoms with Crippen LogP contribution in [-0.2, 0) is 55.7 Å². The lowest BCUT2D eigenvalue weighted by molar-refractivity contribution is -0.249. The third-order valence-corrected chi connectivity index (χ3v) is 7.21. The molecule has 270 valence electrons. The zero-order chi connectivity index (χ0) is 33.9. The van der Waals surface area contributed by atoms with Crippen molar-refractivity contribution in [1.29, 1.82) is 0 Å². The summed E-state index contributed by atoms with van der Waals surface area (Å²) in [5.74, 6) is 0. The summed E-state index contributed by atoms with van der Waals surface area (Å²) in [5, 5.41) is 26.7. The maximum Gasteiger partial charge on any atom is 0.470 e. The normalized spacial score (nSPS) is 24.7. The molecule has 0 bridgehead atoms. The van der Waals surface area contributed by atoms with E-state index in [-0.39, 0.29) is 98.5 Å². The molecule has 1 rings (SSSR count). The molecule has 0 amide bonds. The Morgan fingerprint density at radius 1 is 0.378 bits per heavy atom. The van der Waals surface area contributed by atoms with Crippen molar-refractivity contribution in [2.24, 2.45) is 0 Å². The second-order valence-electron chi connectivity index (χ2n) is 9.26. The van der Waals surface area contributed by atoms with Crippen molar-refractivity contribution in [1.82, 2.24) is 0 Å². The van der Waals surface area contributed by atoms with Gasteiger partial charge in [-0.25, -0.2) is 13.7 Å². The van der Waals surface area contributed by atoms with Crippen molar-refractivity contribution >= 4 is 23.5 Å². The molecule has 0 heterocycles. The number of aliphatic hydroxyl groups excluding tert-OH is 3. The highest BCUT2D eigenvalue weighted by Gasteiger charge is 2.59. The molecule has 21 nitrogen and oxygen atoms in total. The second-order valence-corrected chi connectivity index (χ2v) is 12.8. The Hall–Kier alpha value is -0.0300. The van der Waals surface area contributed by atoms with Gasteiger partial charge < -0.3 is 73.1 Å². The molecule has 0 aromatic rings. The Morgan fingerprint density at radius 2 is 0.622 bits per heavy atom. The van der Waals surface area contributed by atoms with Gasteiger partial charge in [0.1, 0.15) is 36.6 Å². The summed E-state index contributed by atoms with van der Waals surface area (Å²) in [4.78, 5) is 58.1. The summed E-state index contributed by atoms with van der Waals surface area (Å²) in [5.41, 5.74) is 0. The summed E-state index contributed by atoms with van der Waals surface area (Å²) in [7, 11) is -16.6. The van der Waals surface area contributed by atoms with Gasteiger partial charge in [-0.05, 0) is 19.3 Å². The molecule has 1 fully saturated rings. The highest BCUT2D eigenvalue weighted by atomic mass is 31.2. The minimum Gasteiger partial charge on any atom is -0.394 e. The minimum absolute atomic E-state index is 0.00892. The van der Waals surface area contributed by atoms with E-state index in [2.05, 4.69) is 0 Å². The molecule has 0 radical (unpaired) electrons. The molecule has 0 spiro atoms. The molecule has 6 atom stereocenters. The maximum atomic E-state index is 12.0. The van der Waals surface area contributed by atoms with E-state index in [1.54, 1.807) is 0 Å². The fraction of sp³-hybridized carbons (Fsp3) is 1.00. The van der Waals surface area contributed by atoms with Crippen molar-refractivity contribution in [2.75, 3.05) is 79.3 Å². The van der Waals surface area contributed by atoms with E-state index < -0.39 is 60.1 Å². The van der Waals surface area contributed by atoms with Gasteiger partial charge in [-0.15, -0.1) is 0 Å². The molecular formula is C21H45O21P3. The third-order valence-electron chi connectivity index (χ3n) is 5.66. The Kier molecular flexibility index (Phi) is 21.6. The van der Waals surface area contributed by atoms with Crippen LogP contribution >= 0.6 is 23.5 Å². The Balaban J connectivity index is 3.55. The first-order chi connectivity index (χ1) is 21.1. The van der Waals surface area contributed by atoms with E-state index in [0.29, 0.717) is 0 Å². The molecule has 1 aliphatic rings. The lowest BCUT2D eigenvalue weighted by Gasteiger charge is -2.49. The van der Waals surface area contributed by atoms with Crippen LogP contribution in [0.1, 0.15) is 19.3 Å². The number of rotatable bonds is 27. The first-order valence-corrected chi connectivity index (χ1v) is 18.3. The lowest BCUT2D eigenvalue weighted by Crippen LogP contribution is -2.67. The van der Waals surface area contributed by atoms with Crippen molar-refractivity contribution in [2.45, 2.75) is 55.9 Å². The molecule has 2 unspecified atom stereocenters. The van der Waals surface area contributed by atoms with Crippen LogP contribution in [0.5, 0.6) is 0 Å². The van der Waals surface area contributed by atoms with Gasteiger partial charge in [-0.1, -0.05) is 0 Å². The highest BCUT2D eigenvalue weighted by Crippen LogP contribution is 2.51. The summed E-state index contributed by atoms with van der Waals surface area (Å²) < 4.78 is 83.6. The number of hydrogen-bond acceptors (Lipinski definition) is 15. The standard InChI is InChI=1S/C21H45O21P3/c22-4-13-34-7-1-10-37-16-17(38-11-2-8-35-14-5-23)19(40-43(25,26)27)21(42-45(31,32)33)20(41-44(28,29)30)18(16)39-12-3-9-36-15-6-24/h16-24H,1-15H2,(H2,25,26,27)(H2,28,29,30)(H2,31,32,33)/t16?,17-,18+,19-,20-,21?/m0/s1. The molecule has 1 aliphatic carbocycles. The van der Waals surface area contributed by atoms with Crippen LogP contribution in [-0.4, -0.2) is 161 Å². The van der Waals surface area contributed by atoms with Gasteiger partial charge in [0.25, 0.3) is 0 Å². The van der Waals surface area contributed by atoms with Crippen LogP contribution in [0.4, 0.5) is 0 Å². The van der Waals surface area contributed by atoms with Gasteiger partial charge in [0, 0.05) is 39.6 Å². The number of phosphoric acid groups is 3. The molecule has 0 aromatic carbocycles. The molecule has 9 N–H and O–H groups in total. The Bertz CT molecular complexity index is 858. The van der Waals surface area contributed by atoms with Gasteiger partial charge in [-0.3, -0.25) is 13.6 Å². The first kappa shape index (κ1) is 43.0. The van der Waals surface area contributed by atoms with E-state index in [1.165, 1.54) is 0 Å². The molecule has 24 heteroatoms. The summed E-state index contributed by atoms with van der Waals surface area (Å²) in [6, 6.07) is 0. The highest BCUT2D eigenvalue weighted by molar-refractivity contribution is 7.47. The van der Waals surface area contributed by atoms with Crippen LogP contribution in [0.2, 0.25) is 0 Å². The first-order valence-electron chi connectivity index (χ1n) is 13.8. The average Bonchev–Trinajstić information content (AvgIpc) is 2.92. The zero-order valence-corrected chi connectivity index (χ0v) is 27.0. The summed E-state index contributed by atoms with van der Waals surface area (Å²) >= 11 is 0. The Morgan fingerprint density at radius 3 is 0.867 bits per heavy atom. The molecule has 0 aliphatic heterocycles. The minimum atomic E-state index is -5.58. The van der Waals surface area contributed by atoms with Crippen molar-refractivity contribution < 1.29 is 100 Å². The maximum absolute atomic E-state index is 12.0. The van der Waals surface area contributed by atoms with Gasteiger partial charge in [0.2, 0.25) is 0 Å². The second kappa shape index (κ2) is 22.6. The molecule has 0 aromatic heterocycles. The monoisotopic (exact) mass is 726 g/mol. The SMILES string of the molecule is O=P(O)(O)OC1[C@@H](OP(=O)(O)O)[C@H](OCCCOCCO)C(OCCCOCCO)[C@H](OCCCOCCO)[C@@H]1OP(=O)(O)O. The van der Waals surface area contributed by atoms with E-state index in [1.807, 2.05) is 0 Å². The van der Waals surface area contributed by atoms with Crippen molar-refractivity contribution in [3.63, 3.8) is 0 Å². The van der Waals surface area contributed by atoms with Gasteiger partial charge in [0.05, 0.1) is 39.6 Å². The number of aliphatic hydroxyl groups is 3. The lowest BCUT2D eigenvalue weighted by atomic mass is 9.84. The zero-order valence-electron chi connectivity index (χ0n) is 24.3. The third kappa shape index (κ3) is 19.5. The quantitative estimate of drug-likeness (QED) is 0.0320. The van der Waals surface area contributed by atoms with Crippen LogP contribution in [0.15, 0.2) is 0 Å². The van der Waals surface area contributed by atoms with Gasteiger partial charge >= 0.3 is 23.5 Å². The van der Waals surface area contributed by atoms with Gasteiger partial charge in [-0.2, -0.15) is 0 Å². The van der Waals surface area contributed by atoms with Crippen molar-refractivity contribution in [3.8, 4) is 0 Å². The largest absolute Gasteiger partial charge is 0.470 e. The fourth-order valence-electron chi connectivity index (χ4n) is 4.17. The van der Waals surface area contributed by atoms with Crippen LogP contribution in [0.3, 0.4) is 0 Å². The number of hydrogen-bond donors (Lipinski definition) is 9. The molecular weight excluding hydrogens is 681 g/mol. The van der Waals surface area contributed by atoms with E-state index in [9.17, 15) is 43.1 Å². The Labute approximate surface area is 259 Å². The van der Waals surface area contributed by atoms with E-state index in [4.69, 9.17) is 57.3 Å². The van der Waals surface area contributed by atoms with Crippen molar-refractivity contribution in [3.05, 3.63) is 0 Å². The summed E-state index contributed by atoms with van der Waals surface area (Å²) in [6.45, 7) is -1.15. The molecule has 1 saturated carbocycles. The predicted molar refractivity (Wildman–Crippen MR) is 148 cm³/mol. The van der Waals surface area contributed by atoms with E-state index in [0.717, 1.165) is 0 Å². The van der Waals surface area contributed by atoms with E-state index >= 15 is 0 Å². The smallest absolute Gasteiger partial charge is 0.394 e.